The molecule has 2 atom stereocenters. The Morgan fingerprint density at radius 2 is 1.15 bits per heavy atom. The van der Waals surface area contributed by atoms with Crippen LogP contribution in [0, 0.1) is 10.8 Å². The van der Waals surface area contributed by atoms with E-state index in [0.717, 1.165) is 25.7 Å². The highest BCUT2D eigenvalue weighted by Gasteiger charge is 2.21. The molecule has 2 heterocycles. The lowest BCUT2D eigenvalue weighted by Crippen LogP contribution is -2.18. The van der Waals surface area contributed by atoms with Crippen molar-refractivity contribution in [3.8, 4) is 0 Å². The van der Waals surface area contributed by atoms with Crippen molar-refractivity contribution in [3.63, 3.8) is 0 Å². The number of carbonyl (C=O) groups is 2. The molecule has 0 radical (unpaired) electrons. The van der Waals surface area contributed by atoms with Gasteiger partial charge in [-0.25, -0.2) is 21.5 Å². The Bertz CT molecular complexity index is 886. The first-order valence-electron chi connectivity index (χ1n) is 12.1. The summed E-state index contributed by atoms with van der Waals surface area (Å²) in [6.45, 7) is 8.06. The fourth-order valence-electron chi connectivity index (χ4n) is 4.08. The second-order valence-electron chi connectivity index (χ2n) is 11.0. The van der Waals surface area contributed by atoms with E-state index in [4.69, 9.17) is 0 Å². The first kappa shape index (κ1) is 29.3. The van der Waals surface area contributed by atoms with Gasteiger partial charge in [-0.3, -0.25) is 9.59 Å². The molecule has 2 rings (SSSR count). The molecule has 194 valence electrons. The Hall–Kier alpha value is -0.900. The van der Waals surface area contributed by atoms with Crippen molar-refractivity contribution in [2.45, 2.75) is 91.9 Å². The maximum atomic E-state index is 13.1. The molecule has 0 aromatic carbocycles. The van der Waals surface area contributed by atoms with Gasteiger partial charge in [0.25, 0.3) is 0 Å². The zero-order valence-corrected chi connectivity index (χ0v) is 22.6. The predicted octanol–water partition coefficient (Wildman–Crippen LogP) is 5.00. The fourth-order valence-corrected chi connectivity index (χ4v) is 7.08. The van der Waals surface area contributed by atoms with Crippen LogP contribution in [0.25, 0.3) is 0 Å². The Kier molecular flexibility index (Phi) is 11.1. The molecule has 0 aromatic heterocycles. The molecule has 0 saturated heterocycles. The maximum absolute atomic E-state index is 13.1. The van der Waals surface area contributed by atoms with Gasteiger partial charge in [-0.15, -0.1) is 0 Å². The molecule has 2 aliphatic heterocycles. The molecule has 2 aliphatic rings. The number of aliphatic hydroxyl groups excluding tert-OH is 2. The van der Waals surface area contributed by atoms with E-state index in [1.165, 1.54) is 12.2 Å². The molecule has 0 saturated carbocycles. The van der Waals surface area contributed by atoms with Crippen molar-refractivity contribution in [2.75, 3.05) is 13.2 Å². The first-order chi connectivity index (χ1) is 15.9. The molecule has 0 aliphatic carbocycles. The summed E-state index contributed by atoms with van der Waals surface area (Å²) in [5.74, 6) is -0.136. The minimum atomic E-state index is -1.36. The normalized spacial score (nSPS) is 22.2. The van der Waals surface area contributed by atoms with Crippen molar-refractivity contribution >= 4 is 42.8 Å². The summed E-state index contributed by atoms with van der Waals surface area (Å²) in [5, 5.41) is 18.8. The summed E-state index contributed by atoms with van der Waals surface area (Å²) in [6.07, 6.45) is 8.14. The van der Waals surface area contributed by atoms with Crippen LogP contribution in [0.15, 0.2) is 22.0 Å². The van der Waals surface area contributed by atoms with E-state index in [9.17, 15) is 28.9 Å². The highest BCUT2D eigenvalue weighted by atomic mass is 32.2. The lowest BCUT2D eigenvalue weighted by Gasteiger charge is -2.31. The number of rotatable bonds is 13. The number of allylic oxidation sites excluding steroid dienone is 4. The Labute approximate surface area is 209 Å². The molecule has 0 spiro atoms. The monoisotopic (exact) mass is 512 g/mol. The minimum Gasteiger partial charge on any atom is -0.799 e. The van der Waals surface area contributed by atoms with Crippen LogP contribution in [-0.4, -0.2) is 53.8 Å². The number of hydrogen-bond acceptors (Lipinski definition) is 6. The van der Waals surface area contributed by atoms with Gasteiger partial charge in [-0.1, -0.05) is 27.7 Å². The van der Waals surface area contributed by atoms with Crippen molar-refractivity contribution in [1.82, 2.24) is 0 Å². The number of hydrogen-bond donors (Lipinski definition) is 2. The van der Waals surface area contributed by atoms with Crippen molar-refractivity contribution in [2.24, 2.45) is 10.8 Å². The summed E-state index contributed by atoms with van der Waals surface area (Å²) < 4.78 is 26.1. The van der Waals surface area contributed by atoms with Gasteiger partial charge >= 0.3 is 0 Å². The van der Waals surface area contributed by atoms with Crippen molar-refractivity contribution < 1.29 is 28.9 Å². The predicted molar refractivity (Wildman–Crippen MR) is 141 cm³/mol. The minimum absolute atomic E-state index is 0.0658. The largest absolute Gasteiger partial charge is 0.799 e. The van der Waals surface area contributed by atoms with E-state index >= 15 is 0 Å². The van der Waals surface area contributed by atoms with Gasteiger partial charge < -0.3 is 19.3 Å². The second-order valence-corrected chi connectivity index (χ2v) is 14.3. The highest BCUT2D eigenvalue weighted by molar-refractivity contribution is 8.15. The topological polar surface area (TPSA) is 121 Å². The van der Waals surface area contributed by atoms with Crippen LogP contribution in [-0.2, 0) is 9.59 Å². The molecule has 0 amide bonds. The van der Waals surface area contributed by atoms with E-state index in [0.29, 0.717) is 45.2 Å². The Morgan fingerprint density at radius 3 is 1.62 bits per heavy atom. The molecule has 0 fully saturated rings. The van der Waals surface area contributed by atoms with Crippen LogP contribution in [0.4, 0.5) is 0 Å². The average molecular weight is 513 g/mol. The van der Waals surface area contributed by atoms with Crippen LogP contribution < -0.4 is 0 Å². The Balaban J connectivity index is 2.03. The molecule has 8 heteroatoms. The molecule has 2 N–H and O–H groups in total. The first-order valence-corrected chi connectivity index (χ1v) is 14.4. The van der Waals surface area contributed by atoms with Gasteiger partial charge in [0.1, 0.15) is 0 Å². The summed E-state index contributed by atoms with van der Waals surface area (Å²) in [5.41, 5.74) is -0.411. The molecule has 0 bridgehead atoms. The smallest absolute Gasteiger partial charge is 0.160 e. The van der Waals surface area contributed by atoms with E-state index in [2.05, 4.69) is 0 Å². The SMILES string of the molecule is CC(C)(CO)CCCC1=CC(=O)CC(CCC2=CC(=O)CC(CCCC(C)(C)CO)=S2[O-])=S1[O-]. The molecular formula is C26H40O6S2-2. The summed E-state index contributed by atoms with van der Waals surface area (Å²) in [7, 11) is -2.72. The van der Waals surface area contributed by atoms with Gasteiger partial charge in [-0.05, 0) is 93.9 Å². The van der Waals surface area contributed by atoms with Crippen molar-refractivity contribution in [3.05, 3.63) is 22.0 Å². The third kappa shape index (κ3) is 8.95. The average Bonchev–Trinajstić information content (AvgIpc) is 2.77. The van der Waals surface area contributed by atoms with Crippen molar-refractivity contribution in [1.29, 1.82) is 0 Å². The van der Waals surface area contributed by atoms with Crippen LogP contribution in [0.5, 0.6) is 0 Å². The standard InChI is InChI=1S/C26H40O6S2/c1-25(2,17-27)11-5-7-21-13-19(29)15-23(33(21)31)9-10-24-16-20(30)14-22(34(24)32)8-6-12-26(3,4)18-28/h13,16,27-28H,5-12,14-15,17-18H2,1-4H3/q-2. The molecular weight excluding hydrogens is 472 g/mol. The van der Waals surface area contributed by atoms with Crippen LogP contribution in [0.3, 0.4) is 0 Å². The van der Waals surface area contributed by atoms with Gasteiger partial charge in [0.15, 0.2) is 11.6 Å². The molecule has 2 unspecified atom stereocenters. The van der Waals surface area contributed by atoms with Gasteiger partial charge in [-0.2, -0.15) is 0 Å². The van der Waals surface area contributed by atoms with Gasteiger partial charge in [0, 0.05) is 26.1 Å². The Morgan fingerprint density at radius 1 is 0.735 bits per heavy atom. The summed E-state index contributed by atoms with van der Waals surface area (Å²) in [4.78, 5) is 27.0. The van der Waals surface area contributed by atoms with Gasteiger partial charge in [0.2, 0.25) is 0 Å². The summed E-state index contributed by atoms with van der Waals surface area (Å²) >= 11 is 0. The third-order valence-electron chi connectivity index (χ3n) is 6.48. The summed E-state index contributed by atoms with van der Waals surface area (Å²) in [6, 6.07) is 0. The van der Waals surface area contributed by atoms with Crippen LogP contribution in [0.2, 0.25) is 0 Å². The zero-order chi connectivity index (χ0) is 25.5. The quantitative estimate of drug-likeness (QED) is 0.335. The van der Waals surface area contributed by atoms with Crippen LogP contribution in [0.1, 0.15) is 91.9 Å². The van der Waals surface area contributed by atoms with Gasteiger partial charge in [0.05, 0.1) is 0 Å². The maximum Gasteiger partial charge on any atom is 0.160 e. The van der Waals surface area contributed by atoms with Crippen LogP contribution >= 0.6 is 21.5 Å². The molecule has 34 heavy (non-hydrogen) atoms. The zero-order valence-electron chi connectivity index (χ0n) is 21.0. The number of ketones is 2. The van der Waals surface area contributed by atoms with E-state index in [-0.39, 0.29) is 48.5 Å². The van der Waals surface area contributed by atoms with E-state index < -0.39 is 21.5 Å². The van der Waals surface area contributed by atoms with E-state index in [1.807, 2.05) is 27.7 Å². The lowest BCUT2D eigenvalue weighted by molar-refractivity contribution is -0.114. The second kappa shape index (κ2) is 12.9. The third-order valence-corrected chi connectivity index (χ3v) is 9.82. The molecule has 0 aromatic rings. The molecule has 6 nitrogen and oxygen atoms in total. The lowest BCUT2D eigenvalue weighted by atomic mass is 9.88. The number of aliphatic hydroxyl groups is 2. The highest BCUT2D eigenvalue weighted by Crippen LogP contribution is 2.38. The number of carbonyl (C=O) groups excluding carboxylic acids is 2. The fraction of sp³-hybridized carbons (Fsp3) is 0.692. The van der Waals surface area contributed by atoms with E-state index in [1.54, 1.807) is 0 Å².